The monoisotopic (exact) mass is 444 g/mol. The number of hydrogen-bond acceptors (Lipinski definition) is 4. The molecule has 0 radical (unpaired) electrons. The minimum absolute atomic E-state index is 0.0881. The molecule has 4 fully saturated rings. The summed E-state index contributed by atoms with van der Waals surface area (Å²) < 4.78 is 35.9. The highest BCUT2D eigenvalue weighted by Gasteiger charge is 2.66. The lowest BCUT2D eigenvalue weighted by Crippen LogP contribution is -2.54. The number of hydrogen-bond donors (Lipinski definition) is 0. The summed E-state index contributed by atoms with van der Waals surface area (Å²) in [6, 6.07) is 0.353. The Balaban J connectivity index is 1.64. The van der Waals surface area contributed by atoms with Gasteiger partial charge in [-0.15, -0.1) is 0 Å². The van der Waals surface area contributed by atoms with Gasteiger partial charge in [-0.1, -0.05) is 61.4 Å². The van der Waals surface area contributed by atoms with Gasteiger partial charge in [-0.05, 0) is 56.3 Å². The zero-order valence-corrected chi connectivity index (χ0v) is 20.0. The van der Waals surface area contributed by atoms with E-state index in [-0.39, 0.29) is 29.4 Å². The van der Waals surface area contributed by atoms with E-state index in [1.54, 1.807) is 0 Å². The predicted octanol–water partition coefficient (Wildman–Crippen LogP) is 4.36. The van der Waals surface area contributed by atoms with Crippen molar-refractivity contribution < 1.29 is 17.8 Å². The molecular weight excluding hydrogens is 405 g/mol. The van der Waals surface area contributed by atoms with Gasteiger partial charge in [0.25, 0.3) is 0 Å². The van der Waals surface area contributed by atoms with Gasteiger partial charge in [0, 0.05) is 17.5 Å². The molecule has 4 rings (SSSR count). The Kier molecular flexibility index (Phi) is 6.70. The molecule has 0 spiro atoms. The van der Waals surface area contributed by atoms with Crippen LogP contribution in [0.1, 0.15) is 97.3 Å². The van der Waals surface area contributed by atoms with Gasteiger partial charge < -0.3 is 9.42 Å². The van der Waals surface area contributed by atoms with E-state index in [9.17, 15) is 13.3 Å². The third-order valence-corrected chi connectivity index (χ3v) is 11.7. The summed E-state index contributed by atoms with van der Waals surface area (Å²) in [6.07, 6.45) is 13.7. The van der Waals surface area contributed by atoms with Crippen LogP contribution in [0.4, 0.5) is 0 Å². The van der Waals surface area contributed by atoms with Gasteiger partial charge >= 0.3 is 0 Å². The summed E-state index contributed by atoms with van der Waals surface area (Å²) in [7, 11) is -4.23. The molecule has 1 unspecified atom stereocenters. The zero-order valence-electron chi connectivity index (χ0n) is 18.2. The first-order valence-corrected chi connectivity index (χ1v) is 14.3. The highest BCUT2D eigenvalue weighted by atomic mass is 32.2. The van der Waals surface area contributed by atoms with Gasteiger partial charge in [-0.2, -0.15) is 4.31 Å². The van der Waals surface area contributed by atoms with Crippen LogP contribution in [0.5, 0.6) is 0 Å². The summed E-state index contributed by atoms with van der Waals surface area (Å²) in [5, 5.41) is 0. The maximum atomic E-state index is 14.1. The van der Waals surface area contributed by atoms with Crippen LogP contribution >= 0.6 is 9.03 Å². The Hall–Kier alpha value is 0.260. The van der Waals surface area contributed by atoms with Gasteiger partial charge in [-0.25, -0.2) is 8.42 Å². The van der Waals surface area contributed by atoms with Gasteiger partial charge in [-0.3, -0.25) is 0 Å². The summed E-state index contributed by atoms with van der Waals surface area (Å²) in [5.41, 5.74) is -0.495. The quantitative estimate of drug-likeness (QED) is 0.547. The molecule has 0 aliphatic heterocycles. The van der Waals surface area contributed by atoms with Crippen LogP contribution in [0.2, 0.25) is 0 Å². The number of sulfonamides is 1. The molecule has 0 aromatic heterocycles. The summed E-state index contributed by atoms with van der Waals surface area (Å²) in [4.78, 5) is 11.4. The first-order chi connectivity index (χ1) is 13.8. The van der Waals surface area contributed by atoms with Gasteiger partial charge in [0.1, 0.15) is 0 Å². The molecule has 0 aromatic carbocycles. The maximum absolute atomic E-state index is 14.1. The van der Waals surface area contributed by atoms with Crippen LogP contribution in [-0.2, 0) is 14.5 Å². The van der Waals surface area contributed by atoms with Crippen LogP contribution in [0.3, 0.4) is 0 Å². The zero-order chi connectivity index (χ0) is 20.7. The van der Waals surface area contributed by atoms with E-state index in [1.807, 2.05) is 4.31 Å². The molecule has 0 saturated heterocycles. The van der Waals surface area contributed by atoms with Crippen molar-refractivity contribution in [3.8, 4) is 0 Å². The Labute approximate surface area is 179 Å². The van der Waals surface area contributed by atoms with Crippen LogP contribution < -0.4 is 4.89 Å². The van der Waals surface area contributed by atoms with Gasteiger partial charge in [0.15, 0.2) is 0 Å². The highest BCUT2D eigenvalue weighted by Crippen LogP contribution is 2.67. The number of rotatable bonds is 7. The lowest BCUT2D eigenvalue weighted by molar-refractivity contribution is -0.177. The third kappa shape index (κ3) is 3.95. The van der Waals surface area contributed by atoms with Crippen molar-refractivity contribution in [1.82, 2.24) is 4.31 Å². The maximum Gasteiger partial charge on any atom is 0.215 e. The highest BCUT2D eigenvalue weighted by molar-refractivity contribution is 7.89. The Morgan fingerprint density at radius 2 is 1.52 bits per heavy atom. The molecule has 0 heterocycles. The fourth-order valence-electron chi connectivity index (χ4n) is 7.39. The van der Waals surface area contributed by atoms with Crippen molar-refractivity contribution in [2.45, 2.75) is 116 Å². The largest absolute Gasteiger partial charge is 0.810 e. The van der Waals surface area contributed by atoms with Crippen LogP contribution in [0.15, 0.2) is 0 Å². The molecule has 0 amide bonds. The van der Waals surface area contributed by atoms with Crippen molar-refractivity contribution >= 4 is 19.1 Å². The smallest absolute Gasteiger partial charge is 0.215 e. The van der Waals surface area contributed by atoms with Crippen LogP contribution in [-0.4, -0.2) is 36.7 Å². The Morgan fingerprint density at radius 3 is 2.00 bits per heavy atom. The number of nitrogens with zero attached hydrogens (tertiary/aromatic N) is 1. The molecule has 4 atom stereocenters. The fraction of sp³-hybridized carbons (Fsp3) is 1.00. The van der Waals surface area contributed by atoms with Gasteiger partial charge in [0.2, 0.25) is 10.0 Å². The molecular formula is C22H39NO4PS-. The van der Waals surface area contributed by atoms with E-state index in [4.69, 9.17) is 4.52 Å². The summed E-state index contributed by atoms with van der Waals surface area (Å²) in [5.74, 6) is 0.642. The van der Waals surface area contributed by atoms with Gasteiger partial charge in [0.05, 0.1) is 11.9 Å². The summed E-state index contributed by atoms with van der Waals surface area (Å²) >= 11 is 0. The molecule has 0 N–H and O–H groups in total. The molecule has 29 heavy (non-hydrogen) atoms. The molecule has 0 aromatic rings. The van der Waals surface area contributed by atoms with E-state index < -0.39 is 24.5 Å². The lowest BCUT2D eigenvalue weighted by atomic mass is 9.70. The Bertz CT molecular complexity index is 654. The second-order valence-corrected chi connectivity index (χ2v) is 13.0. The minimum Gasteiger partial charge on any atom is -0.810 e. The van der Waals surface area contributed by atoms with Crippen molar-refractivity contribution in [1.29, 1.82) is 0 Å². The van der Waals surface area contributed by atoms with Crippen molar-refractivity contribution in [2.24, 2.45) is 16.7 Å². The van der Waals surface area contributed by atoms with Crippen LogP contribution in [0, 0.1) is 16.7 Å². The molecule has 4 saturated carbocycles. The average Bonchev–Trinajstić information content (AvgIpc) is 3.04. The van der Waals surface area contributed by atoms with E-state index in [1.165, 1.54) is 12.8 Å². The average molecular weight is 445 g/mol. The van der Waals surface area contributed by atoms with E-state index in [2.05, 4.69) is 13.8 Å². The van der Waals surface area contributed by atoms with Crippen molar-refractivity contribution in [2.75, 3.05) is 5.75 Å². The van der Waals surface area contributed by atoms with E-state index >= 15 is 0 Å². The molecule has 4 aliphatic carbocycles. The van der Waals surface area contributed by atoms with E-state index in [0.29, 0.717) is 5.92 Å². The first kappa shape index (κ1) is 22.5. The van der Waals surface area contributed by atoms with Crippen LogP contribution in [0.25, 0.3) is 0 Å². The van der Waals surface area contributed by atoms with Crippen molar-refractivity contribution in [3.63, 3.8) is 0 Å². The number of fused-ring (bicyclic) bond motifs is 2. The molecule has 4 aliphatic rings. The SMILES string of the molecule is CC1(C)[C@@H]2CC[C@@]1(CS(=O)(=O)N(C1CCCCC1)C1CCCCC1)[C@H](OP[O-])C2. The van der Waals surface area contributed by atoms with Crippen molar-refractivity contribution in [3.05, 3.63) is 0 Å². The summed E-state index contributed by atoms with van der Waals surface area (Å²) in [6.45, 7) is 4.45. The Morgan fingerprint density at radius 1 is 0.966 bits per heavy atom. The normalized spacial score (nSPS) is 36.6. The predicted molar refractivity (Wildman–Crippen MR) is 116 cm³/mol. The topological polar surface area (TPSA) is 69.7 Å². The second kappa shape index (κ2) is 8.65. The first-order valence-electron chi connectivity index (χ1n) is 11.9. The second-order valence-electron chi connectivity index (χ2n) is 10.7. The van der Waals surface area contributed by atoms with E-state index in [0.717, 1.165) is 70.6 Å². The molecule has 2 bridgehead atoms. The third-order valence-electron chi connectivity index (χ3n) is 9.18. The lowest BCUT2D eigenvalue weighted by Gasteiger charge is -2.46. The standard InChI is InChI=1S/C22H39NO4PS/c1-21(2)17-13-14-22(21,20(15-17)27-28-24)16-29(25,26)23(18-9-5-3-6-10-18)19-11-7-4-8-12-19/h17-20,28H,3-16H2,1-2H3/q-1/t17-,20-,22-/m1/s1. The molecule has 7 heteroatoms. The molecule has 168 valence electrons. The molecule has 5 nitrogen and oxygen atoms in total. The minimum atomic E-state index is -3.42. The fourth-order valence-corrected chi connectivity index (χ4v) is 10.7.